The van der Waals surface area contributed by atoms with Crippen LogP contribution in [0, 0.1) is 13.8 Å². The molecule has 5 heteroatoms. The van der Waals surface area contributed by atoms with E-state index >= 15 is 0 Å². The third kappa shape index (κ3) is 2.50. The van der Waals surface area contributed by atoms with Crippen LogP contribution in [-0.2, 0) is 6.42 Å². The summed E-state index contributed by atoms with van der Waals surface area (Å²) in [5.41, 5.74) is 2.07. The van der Waals surface area contributed by atoms with Gasteiger partial charge < -0.3 is 5.32 Å². The zero-order valence-corrected chi connectivity index (χ0v) is 11.4. The number of aryl methyl sites for hydroxylation is 3. The molecule has 0 fully saturated rings. The number of rotatable bonds is 4. The van der Waals surface area contributed by atoms with Crippen LogP contribution in [0.2, 0.25) is 0 Å². The molecule has 96 valence electrons. The Bertz CT molecular complexity index is 544. The lowest BCUT2D eigenvalue weighted by Gasteiger charge is -2.08. The van der Waals surface area contributed by atoms with Gasteiger partial charge in [-0.25, -0.2) is 14.6 Å². The van der Waals surface area contributed by atoms with Gasteiger partial charge in [-0.3, -0.25) is 0 Å². The molecule has 5 nitrogen and oxygen atoms in total. The molecule has 0 saturated carbocycles. The normalized spacial score (nSPS) is 10.7. The standard InChI is InChI=1S/C13H19N5/c1-5-6-11-15-12(14-4)8-13(16-11)18-10(3)7-9(2)17-18/h7-8H,5-6H2,1-4H3,(H,14,15,16). The summed E-state index contributed by atoms with van der Waals surface area (Å²) < 4.78 is 1.86. The molecular weight excluding hydrogens is 226 g/mol. The predicted molar refractivity (Wildman–Crippen MR) is 72.2 cm³/mol. The zero-order chi connectivity index (χ0) is 13.1. The van der Waals surface area contributed by atoms with Crippen molar-refractivity contribution < 1.29 is 0 Å². The van der Waals surface area contributed by atoms with Crippen LogP contribution in [0.1, 0.15) is 30.6 Å². The van der Waals surface area contributed by atoms with Crippen molar-refractivity contribution in [2.75, 3.05) is 12.4 Å². The van der Waals surface area contributed by atoms with E-state index in [0.717, 1.165) is 41.7 Å². The lowest BCUT2D eigenvalue weighted by molar-refractivity contribution is 0.767. The summed E-state index contributed by atoms with van der Waals surface area (Å²) >= 11 is 0. The van der Waals surface area contributed by atoms with Crippen molar-refractivity contribution in [3.8, 4) is 5.82 Å². The Labute approximate surface area is 107 Å². The third-order valence-electron chi connectivity index (χ3n) is 2.72. The fourth-order valence-corrected chi connectivity index (χ4v) is 1.92. The number of nitrogens with one attached hydrogen (secondary N) is 1. The average molecular weight is 245 g/mol. The van der Waals surface area contributed by atoms with Crippen LogP contribution < -0.4 is 5.32 Å². The smallest absolute Gasteiger partial charge is 0.159 e. The summed E-state index contributed by atoms with van der Waals surface area (Å²) in [7, 11) is 1.86. The Kier molecular flexibility index (Phi) is 3.60. The van der Waals surface area contributed by atoms with Crippen LogP contribution >= 0.6 is 0 Å². The molecule has 0 aromatic carbocycles. The van der Waals surface area contributed by atoms with E-state index in [1.807, 2.05) is 37.7 Å². The number of hydrogen-bond acceptors (Lipinski definition) is 4. The summed E-state index contributed by atoms with van der Waals surface area (Å²) in [5.74, 6) is 2.51. The van der Waals surface area contributed by atoms with Crippen LogP contribution in [0.4, 0.5) is 5.82 Å². The molecule has 1 N–H and O–H groups in total. The minimum atomic E-state index is 0.823. The molecule has 18 heavy (non-hydrogen) atoms. The van der Waals surface area contributed by atoms with E-state index in [1.54, 1.807) is 0 Å². The van der Waals surface area contributed by atoms with Crippen LogP contribution in [0.3, 0.4) is 0 Å². The van der Waals surface area contributed by atoms with Gasteiger partial charge in [0, 0.05) is 25.2 Å². The van der Waals surface area contributed by atoms with Crippen molar-refractivity contribution in [1.82, 2.24) is 19.7 Å². The molecule has 0 aliphatic heterocycles. The second-order valence-corrected chi connectivity index (χ2v) is 4.37. The van der Waals surface area contributed by atoms with Gasteiger partial charge in [-0.2, -0.15) is 5.10 Å². The SMILES string of the molecule is CCCc1nc(NC)cc(-n2nc(C)cc2C)n1. The molecular formula is C13H19N5. The highest BCUT2D eigenvalue weighted by Gasteiger charge is 2.08. The van der Waals surface area contributed by atoms with E-state index < -0.39 is 0 Å². The molecule has 0 unspecified atom stereocenters. The van der Waals surface area contributed by atoms with Gasteiger partial charge in [0.15, 0.2) is 5.82 Å². The van der Waals surface area contributed by atoms with Crippen LogP contribution in [0.5, 0.6) is 0 Å². The molecule has 2 aromatic heterocycles. The zero-order valence-electron chi connectivity index (χ0n) is 11.4. The number of hydrogen-bond donors (Lipinski definition) is 1. The van der Waals surface area contributed by atoms with Gasteiger partial charge in [0.2, 0.25) is 0 Å². The van der Waals surface area contributed by atoms with Gasteiger partial charge in [0.1, 0.15) is 11.6 Å². The highest BCUT2D eigenvalue weighted by Crippen LogP contribution is 2.14. The first-order valence-corrected chi connectivity index (χ1v) is 6.23. The van der Waals surface area contributed by atoms with Crippen molar-refractivity contribution >= 4 is 5.82 Å². The quantitative estimate of drug-likeness (QED) is 0.897. The lowest BCUT2D eigenvalue weighted by atomic mass is 10.3. The van der Waals surface area contributed by atoms with E-state index in [-0.39, 0.29) is 0 Å². The van der Waals surface area contributed by atoms with Crippen molar-refractivity contribution in [2.24, 2.45) is 0 Å². The molecule has 0 spiro atoms. The molecule has 0 saturated heterocycles. The fraction of sp³-hybridized carbons (Fsp3) is 0.462. The molecule has 2 heterocycles. The Morgan fingerprint density at radius 1 is 1.22 bits per heavy atom. The Hall–Kier alpha value is -1.91. The van der Waals surface area contributed by atoms with E-state index in [2.05, 4.69) is 27.3 Å². The maximum atomic E-state index is 4.56. The Morgan fingerprint density at radius 2 is 2.00 bits per heavy atom. The summed E-state index contributed by atoms with van der Waals surface area (Å²) in [4.78, 5) is 9.01. The van der Waals surface area contributed by atoms with Crippen LogP contribution in [0.25, 0.3) is 5.82 Å². The lowest BCUT2D eigenvalue weighted by Crippen LogP contribution is -2.08. The van der Waals surface area contributed by atoms with Crippen molar-refractivity contribution in [3.05, 3.63) is 29.3 Å². The molecule has 0 radical (unpaired) electrons. The van der Waals surface area contributed by atoms with Crippen molar-refractivity contribution in [2.45, 2.75) is 33.6 Å². The van der Waals surface area contributed by atoms with Gasteiger partial charge in [0.25, 0.3) is 0 Å². The van der Waals surface area contributed by atoms with Crippen molar-refractivity contribution in [1.29, 1.82) is 0 Å². The molecule has 2 rings (SSSR count). The third-order valence-corrected chi connectivity index (χ3v) is 2.72. The number of aromatic nitrogens is 4. The molecule has 0 atom stereocenters. The number of anilines is 1. The minimum absolute atomic E-state index is 0.823. The molecule has 2 aromatic rings. The number of nitrogens with zero attached hydrogens (tertiary/aromatic N) is 4. The molecule has 0 aliphatic rings. The summed E-state index contributed by atoms with van der Waals surface area (Å²) in [6, 6.07) is 3.96. The van der Waals surface area contributed by atoms with Gasteiger partial charge in [0.05, 0.1) is 5.69 Å². The molecule has 0 aliphatic carbocycles. The Balaban J connectivity index is 2.49. The van der Waals surface area contributed by atoms with Gasteiger partial charge in [-0.05, 0) is 26.3 Å². The van der Waals surface area contributed by atoms with E-state index in [0.29, 0.717) is 0 Å². The second kappa shape index (κ2) is 5.16. The van der Waals surface area contributed by atoms with Crippen LogP contribution in [0.15, 0.2) is 12.1 Å². The van der Waals surface area contributed by atoms with Crippen molar-refractivity contribution in [3.63, 3.8) is 0 Å². The van der Waals surface area contributed by atoms with E-state index in [9.17, 15) is 0 Å². The van der Waals surface area contributed by atoms with Gasteiger partial charge in [-0.15, -0.1) is 0 Å². The summed E-state index contributed by atoms with van der Waals surface area (Å²) in [5, 5.41) is 7.53. The first-order chi connectivity index (χ1) is 8.63. The van der Waals surface area contributed by atoms with Gasteiger partial charge >= 0.3 is 0 Å². The predicted octanol–water partition coefficient (Wildman–Crippen LogP) is 2.27. The average Bonchev–Trinajstić information content (AvgIpc) is 2.68. The highest BCUT2D eigenvalue weighted by atomic mass is 15.3. The summed E-state index contributed by atoms with van der Waals surface area (Å²) in [6.07, 6.45) is 1.91. The Morgan fingerprint density at radius 3 is 2.56 bits per heavy atom. The first-order valence-electron chi connectivity index (χ1n) is 6.23. The van der Waals surface area contributed by atoms with E-state index in [4.69, 9.17) is 0 Å². The molecule has 0 amide bonds. The monoisotopic (exact) mass is 245 g/mol. The van der Waals surface area contributed by atoms with Gasteiger partial charge in [-0.1, -0.05) is 6.92 Å². The molecule has 0 bridgehead atoms. The largest absolute Gasteiger partial charge is 0.373 e. The second-order valence-electron chi connectivity index (χ2n) is 4.37. The maximum absolute atomic E-state index is 4.56. The first kappa shape index (κ1) is 12.5. The summed E-state index contributed by atoms with van der Waals surface area (Å²) in [6.45, 7) is 6.13. The minimum Gasteiger partial charge on any atom is -0.373 e. The fourth-order valence-electron chi connectivity index (χ4n) is 1.92. The maximum Gasteiger partial charge on any atom is 0.159 e. The topological polar surface area (TPSA) is 55.6 Å². The van der Waals surface area contributed by atoms with E-state index in [1.165, 1.54) is 0 Å². The van der Waals surface area contributed by atoms with Crippen LogP contribution in [-0.4, -0.2) is 26.8 Å². The highest BCUT2D eigenvalue weighted by molar-refractivity contribution is 5.41.